The molecule has 8 heteroatoms. The summed E-state index contributed by atoms with van der Waals surface area (Å²) in [5, 5.41) is 15.7. The van der Waals surface area contributed by atoms with Crippen LogP contribution in [-0.2, 0) is 23.7 Å². The summed E-state index contributed by atoms with van der Waals surface area (Å²) in [4.78, 5) is 12.8. The molecule has 2 aliphatic rings. The van der Waals surface area contributed by atoms with Gasteiger partial charge in [-0.25, -0.2) is 4.79 Å². The largest absolute Gasteiger partial charge is 0.438 e. The molecule has 6 atom stereocenters. The van der Waals surface area contributed by atoms with Crippen molar-refractivity contribution >= 4 is 22.6 Å². The van der Waals surface area contributed by atoms with E-state index in [0.717, 1.165) is 16.3 Å². The van der Waals surface area contributed by atoms with Gasteiger partial charge in [0, 0.05) is 18.1 Å². The number of ether oxygens (including phenoxy) is 5. The van der Waals surface area contributed by atoms with Gasteiger partial charge in [0.05, 0.1) is 12.3 Å². The highest BCUT2D eigenvalue weighted by Crippen LogP contribution is 2.35. The fraction of sp³-hybridized carbons (Fsp3) is 0.320. The Morgan fingerprint density at radius 2 is 1.76 bits per heavy atom. The standard InChI is InChI=1S/C25H25NO7/c1-29-24-22(33-25(28)26-18-13-7-11-15-8-5-6-12-17(15)18)20(27)21-19(31-24)14-30-23(32-21)16-9-3-2-4-10-16/h2-13,19-24,27H,14H2,1H3,(H,26,28)/t19-,20+,21-,22-,23?,24+/m1/s1. The highest BCUT2D eigenvalue weighted by atomic mass is 16.8. The van der Waals surface area contributed by atoms with Gasteiger partial charge in [-0.05, 0) is 11.5 Å². The maximum absolute atomic E-state index is 12.8. The van der Waals surface area contributed by atoms with Gasteiger partial charge in [0.15, 0.2) is 18.7 Å². The number of carbonyl (C=O) groups excluding carboxylic acids is 1. The normalized spacial score (nSPS) is 29.3. The molecule has 2 aliphatic heterocycles. The van der Waals surface area contributed by atoms with Crippen molar-refractivity contribution in [2.24, 2.45) is 0 Å². The number of nitrogens with one attached hydrogen (secondary N) is 1. The molecule has 5 rings (SSSR count). The number of fused-ring (bicyclic) bond motifs is 2. The van der Waals surface area contributed by atoms with E-state index in [1.54, 1.807) is 6.07 Å². The number of amides is 1. The van der Waals surface area contributed by atoms with E-state index in [0.29, 0.717) is 5.69 Å². The van der Waals surface area contributed by atoms with E-state index in [4.69, 9.17) is 23.7 Å². The van der Waals surface area contributed by atoms with Crippen molar-refractivity contribution in [1.82, 2.24) is 0 Å². The van der Waals surface area contributed by atoms with Gasteiger partial charge in [0.1, 0.15) is 18.3 Å². The summed E-state index contributed by atoms with van der Waals surface area (Å²) in [5.41, 5.74) is 1.42. The van der Waals surface area contributed by atoms with Crippen LogP contribution < -0.4 is 5.32 Å². The molecule has 0 aliphatic carbocycles. The van der Waals surface area contributed by atoms with Gasteiger partial charge >= 0.3 is 6.09 Å². The molecule has 2 N–H and O–H groups in total. The Hall–Kier alpha value is -3.01. The molecule has 2 heterocycles. The molecule has 1 unspecified atom stereocenters. The SMILES string of the molecule is CO[C@H]1O[C@@H]2COC(c3ccccc3)O[C@H]2[C@H](O)[C@H]1OC(=O)Nc1cccc2ccccc12. The minimum atomic E-state index is -1.18. The van der Waals surface area contributed by atoms with Crippen LogP contribution in [-0.4, -0.2) is 55.6 Å². The second-order valence-corrected chi connectivity index (χ2v) is 7.97. The third-order valence-electron chi connectivity index (χ3n) is 5.88. The zero-order valence-electron chi connectivity index (χ0n) is 18.0. The molecule has 3 aromatic carbocycles. The van der Waals surface area contributed by atoms with Gasteiger partial charge in [-0.15, -0.1) is 0 Å². The summed E-state index contributed by atoms with van der Waals surface area (Å²) in [5.74, 6) is 0. The van der Waals surface area contributed by atoms with Crippen molar-refractivity contribution in [2.75, 3.05) is 19.0 Å². The van der Waals surface area contributed by atoms with Crippen molar-refractivity contribution in [3.8, 4) is 0 Å². The first-order valence-corrected chi connectivity index (χ1v) is 10.8. The van der Waals surface area contributed by atoms with Crippen LogP contribution in [0.5, 0.6) is 0 Å². The average molecular weight is 451 g/mol. The molecule has 2 fully saturated rings. The van der Waals surface area contributed by atoms with Crippen LogP contribution in [0.1, 0.15) is 11.9 Å². The van der Waals surface area contributed by atoms with Crippen LogP contribution in [0.15, 0.2) is 72.8 Å². The molecule has 33 heavy (non-hydrogen) atoms. The summed E-state index contributed by atoms with van der Waals surface area (Å²) < 4.78 is 28.6. The zero-order chi connectivity index (χ0) is 22.8. The summed E-state index contributed by atoms with van der Waals surface area (Å²) in [6.07, 6.45) is -5.96. The van der Waals surface area contributed by atoms with E-state index in [1.807, 2.05) is 66.7 Å². The van der Waals surface area contributed by atoms with Gasteiger partial charge in [0.2, 0.25) is 0 Å². The number of anilines is 1. The molecule has 0 aromatic heterocycles. The van der Waals surface area contributed by atoms with Crippen LogP contribution in [0.4, 0.5) is 10.5 Å². The maximum atomic E-state index is 12.8. The quantitative estimate of drug-likeness (QED) is 0.626. The van der Waals surface area contributed by atoms with Crippen molar-refractivity contribution in [1.29, 1.82) is 0 Å². The van der Waals surface area contributed by atoms with E-state index in [2.05, 4.69) is 5.32 Å². The number of aliphatic hydroxyl groups is 1. The minimum Gasteiger partial charge on any atom is -0.438 e. The molecular formula is C25H25NO7. The van der Waals surface area contributed by atoms with E-state index >= 15 is 0 Å². The number of methoxy groups -OCH3 is 1. The molecule has 172 valence electrons. The lowest BCUT2D eigenvalue weighted by molar-refractivity contribution is -0.357. The molecular weight excluding hydrogens is 426 g/mol. The van der Waals surface area contributed by atoms with Gasteiger partial charge in [0.25, 0.3) is 0 Å². The highest BCUT2D eigenvalue weighted by Gasteiger charge is 2.51. The molecule has 3 aromatic rings. The molecule has 0 radical (unpaired) electrons. The molecule has 8 nitrogen and oxygen atoms in total. The topological polar surface area (TPSA) is 95.5 Å². The van der Waals surface area contributed by atoms with Crippen molar-refractivity contribution in [3.05, 3.63) is 78.4 Å². The van der Waals surface area contributed by atoms with Gasteiger partial charge < -0.3 is 28.8 Å². The summed E-state index contributed by atoms with van der Waals surface area (Å²) >= 11 is 0. The van der Waals surface area contributed by atoms with E-state index in [1.165, 1.54) is 7.11 Å². The highest BCUT2D eigenvalue weighted by molar-refractivity contribution is 6.00. The minimum absolute atomic E-state index is 0.204. The lowest BCUT2D eigenvalue weighted by Crippen LogP contribution is -2.63. The average Bonchev–Trinajstić information content (AvgIpc) is 2.86. The predicted molar refractivity (Wildman–Crippen MR) is 120 cm³/mol. The molecule has 2 saturated heterocycles. The second-order valence-electron chi connectivity index (χ2n) is 7.97. The Bertz CT molecular complexity index is 1100. The van der Waals surface area contributed by atoms with Crippen molar-refractivity contribution in [3.63, 3.8) is 0 Å². The first kappa shape index (κ1) is 21.8. The Morgan fingerprint density at radius 1 is 1.00 bits per heavy atom. The van der Waals surface area contributed by atoms with E-state index in [-0.39, 0.29) is 6.61 Å². The third-order valence-corrected chi connectivity index (χ3v) is 5.88. The smallest absolute Gasteiger partial charge is 0.412 e. The number of carbonyl (C=O) groups is 1. The van der Waals surface area contributed by atoms with Gasteiger partial charge in [-0.2, -0.15) is 0 Å². The molecule has 0 spiro atoms. The fourth-order valence-electron chi connectivity index (χ4n) is 4.26. The maximum Gasteiger partial charge on any atom is 0.412 e. The Kier molecular flexibility index (Phi) is 6.26. The first-order valence-electron chi connectivity index (χ1n) is 10.8. The Balaban J connectivity index is 1.31. The van der Waals surface area contributed by atoms with Crippen molar-refractivity contribution < 1.29 is 33.6 Å². The summed E-state index contributed by atoms with van der Waals surface area (Å²) in [6, 6.07) is 22.7. The summed E-state index contributed by atoms with van der Waals surface area (Å²) in [7, 11) is 1.42. The van der Waals surface area contributed by atoms with Gasteiger partial charge in [-0.1, -0.05) is 66.7 Å². The third kappa shape index (κ3) is 4.44. The van der Waals surface area contributed by atoms with Gasteiger partial charge in [-0.3, -0.25) is 5.32 Å². The lowest BCUT2D eigenvalue weighted by Gasteiger charge is -2.46. The molecule has 1 amide bonds. The van der Waals surface area contributed by atoms with Crippen LogP contribution in [0.3, 0.4) is 0 Å². The van der Waals surface area contributed by atoms with Crippen LogP contribution in [0.25, 0.3) is 10.8 Å². The summed E-state index contributed by atoms with van der Waals surface area (Å²) in [6.45, 7) is 0.204. The monoisotopic (exact) mass is 451 g/mol. The van der Waals surface area contributed by atoms with E-state index < -0.39 is 43.1 Å². The van der Waals surface area contributed by atoms with Crippen molar-refractivity contribution in [2.45, 2.75) is 37.0 Å². The van der Waals surface area contributed by atoms with Crippen LogP contribution in [0.2, 0.25) is 0 Å². The number of rotatable bonds is 4. The lowest BCUT2D eigenvalue weighted by atomic mass is 9.97. The van der Waals surface area contributed by atoms with Crippen LogP contribution in [0, 0.1) is 0 Å². The number of hydrogen-bond donors (Lipinski definition) is 2. The second kappa shape index (κ2) is 9.46. The Labute approximate surface area is 191 Å². The Morgan fingerprint density at radius 3 is 2.58 bits per heavy atom. The number of hydrogen-bond acceptors (Lipinski definition) is 7. The molecule has 0 bridgehead atoms. The van der Waals surface area contributed by atoms with Crippen LogP contribution >= 0.6 is 0 Å². The number of aliphatic hydroxyl groups excluding tert-OH is 1. The number of benzene rings is 3. The zero-order valence-corrected chi connectivity index (χ0v) is 18.0. The molecule has 0 saturated carbocycles. The van der Waals surface area contributed by atoms with E-state index in [9.17, 15) is 9.90 Å². The first-order chi connectivity index (χ1) is 16.1. The fourth-order valence-corrected chi connectivity index (χ4v) is 4.26. The predicted octanol–water partition coefficient (Wildman–Crippen LogP) is 3.60.